The Morgan fingerprint density at radius 3 is 2.82 bits per heavy atom. The topological polar surface area (TPSA) is 68.3 Å². The maximum absolute atomic E-state index is 12.2. The Balaban J connectivity index is 1.88. The van der Waals surface area contributed by atoms with E-state index in [9.17, 15) is 9.59 Å². The molecule has 1 aromatic rings. The Bertz CT molecular complexity index is 518. The molecule has 4 atom stereocenters. The molecule has 5 heteroatoms. The Morgan fingerprint density at radius 2 is 2.14 bits per heavy atom. The Hall–Kier alpha value is -1.91. The smallest absolute Gasteiger partial charge is 0.340 e. The van der Waals surface area contributed by atoms with Gasteiger partial charge in [-0.25, -0.2) is 4.79 Å². The van der Waals surface area contributed by atoms with E-state index in [1.807, 2.05) is 0 Å². The summed E-state index contributed by atoms with van der Waals surface area (Å²) in [5.74, 6) is 0.287. The molecule has 0 spiro atoms. The molecule has 0 unspecified atom stereocenters. The first-order chi connectivity index (χ1) is 10.5. The van der Waals surface area contributed by atoms with Gasteiger partial charge in [-0.3, -0.25) is 9.78 Å². The highest BCUT2D eigenvalue weighted by atomic mass is 16.5. The molecule has 0 saturated heterocycles. The molecular weight excluding hydrogens is 280 g/mol. The average Bonchev–Trinajstić information content (AvgIpc) is 2.52. The summed E-state index contributed by atoms with van der Waals surface area (Å²) in [7, 11) is 0. The predicted octanol–water partition coefficient (Wildman–Crippen LogP) is 2.57. The van der Waals surface area contributed by atoms with Crippen molar-refractivity contribution >= 4 is 11.9 Å². The van der Waals surface area contributed by atoms with Crippen LogP contribution < -0.4 is 5.32 Å². The van der Waals surface area contributed by atoms with Crippen LogP contribution in [-0.2, 0) is 9.53 Å². The molecule has 0 aromatic carbocycles. The van der Waals surface area contributed by atoms with Crippen LogP contribution in [0.1, 0.15) is 50.4 Å². The molecular formula is C17H24N2O3. The molecule has 1 amide bonds. The van der Waals surface area contributed by atoms with Crippen LogP contribution in [0.2, 0.25) is 0 Å². The summed E-state index contributed by atoms with van der Waals surface area (Å²) in [4.78, 5) is 28.0. The molecule has 1 aromatic heterocycles. The molecule has 5 nitrogen and oxygen atoms in total. The molecule has 0 aliphatic heterocycles. The van der Waals surface area contributed by atoms with Crippen LogP contribution in [0, 0.1) is 11.8 Å². The highest BCUT2D eigenvalue weighted by Crippen LogP contribution is 2.29. The van der Waals surface area contributed by atoms with E-state index in [4.69, 9.17) is 4.74 Å². The van der Waals surface area contributed by atoms with Crippen LogP contribution in [0.3, 0.4) is 0 Å². The number of nitrogens with one attached hydrogen (secondary N) is 1. The summed E-state index contributed by atoms with van der Waals surface area (Å²) in [5, 5.41) is 3.02. The summed E-state index contributed by atoms with van der Waals surface area (Å²) in [5.41, 5.74) is 0.349. The van der Waals surface area contributed by atoms with Gasteiger partial charge in [0, 0.05) is 18.4 Å². The monoisotopic (exact) mass is 304 g/mol. The molecule has 0 bridgehead atoms. The van der Waals surface area contributed by atoms with Crippen molar-refractivity contribution in [3.8, 4) is 0 Å². The first kappa shape index (κ1) is 16.5. The molecule has 1 aliphatic rings. The SMILES string of the molecule is C[C@@H]1[C@H](C)CCC[C@@H]1NC(=O)[C@@H](C)OC(=O)c1cccnc1. The number of hydrogen-bond acceptors (Lipinski definition) is 4. The zero-order valence-corrected chi connectivity index (χ0v) is 13.4. The summed E-state index contributed by atoms with van der Waals surface area (Å²) in [6, 6.07) is 3.44. The summed E-state index contributed by atoms with van der Waals surface area (Å²) in [6.45, 7) is 5.98. The van der Waals surface area contributed by atoms with Gasteiger partial charge in [0.05, 0.1) is 5.56 Å². The van der Waals surface area contributed by atoms with Gasteiger partial charge in [-0.15, -0.1) is 0 Å². The van der Waals surface area contributed by atoms with Crippen molar-refractivity contribution in [1.29, 1.82) is 0 Å². The van der Waals surface area contributed by atoms with E-state index in [0.717, 1.165) is 12.8 Å². The molecule has 1 aliphatic carbocycles. The predicted molar refractivity (Wildman–Crippen MR) is 83.2 cm³/mol. The van der Waals surface area contributed by atoms with Crippen LogP contribution in [0.15, 0.2) is 24.5 Å². The number of rotatable bonds is 4. The van der Waals surface area contributed by atoms with E-state index in [0.29, 0.717) is 17.4 Å². The third-order valence-corrected chi connectivity index (χ3v) is 4.58. The van der Waals surface area contributed by atoms with Crippen molar-refractivity contribution < 1.29 is 14.3 Å². The summed E-state index contributed by atoms with van der Waals surface area (Å²) in [6.07, 6.45) is 5.52. The molecule has 0 radical (unpaired) electrons. The van der Waals surface area contributed by atoms with Gasteiger partial charge in [0.2, 0.25) is 0 Å². The first-order valence-electron chi connectivity index (χ1n) is 7.90. The molecule has 1 heterocycles. The van der Waals surface area contributed by atoms with Gasteiger partial charge >= 0.3 is 5.97 Å². The first-order valence-corrected chi connectivity index (χ1v) is 7.90. The Morgan fingerprint density at radius 1 is 1.36 bits per heavy atom. The third kappa shape index (κ3) is 4.06. The summed E-state index contributed by atoms with van der Waals surface area (Å²) >= 11 is 0. The van der Waals surface area contributed by atoms with Gasteiger partial charge in [-0.1, -0.05) is 26.7 Å². The lowest BCUT2D eigenvalue weighted by molar-refractivity contribution is -0.130. The van der Waals surface area contributed by atoms with Crippen LogP contribution in [0.5, 0.6) is 0 Å². The van der Waals surface area contributed by atoms with E-state index in [2.05, 4.69) is 24.1 Å². The van der Waals surface area contributed by atoms with Gasteiger partial charge in [-0.2, -0.15) is 0 Å². The number of carbonyl (C=O) groups is 2. The minimum atomic E-state index is -0.808. The second-order valence-corrected chi connectivity index (χ2v) is 6.17. The van der Waals surface area contributed by atoms with Gasteiger partial charge < -0.3 is 10.1 Å². The van der Waals surface area contributed by atoms with Crippen LogP contribution in [0.25, 0.3) is 0 Å². The second kappa shape index (κ2) is 7.38. The molecule has 1 N–H and O–H groups in total. The van der Waals surface area contributed by atoms with E-state index >= 15 is 0 Å². The largest absolute Gasteiger partial charge is 0.449 e. The fraction of sp³-hybridized carbons (Fsp3) is 0.588. The minimum absolute atomic E-state index is 0.163. The highest BCUT2D eigenvalue weighted by molar-refractivity contribution is 5.91. The maximum Gasteiger partial charge on any atom is 0.340 e. The van der Waals surface area contributed by atoms with E-state index in [1.165, 1.54) is 12.6 Å². The second-order valence-electron chi connectivity index (χ2n) is 6.17. The number of ether oxygens (including phenoxy) is 1. The van der Waals surface area contributed by atoms with Crippen molar-refractivity contribution in [2.45, 2.75) is 52.2 Å². The molecule has 1 saturated carbocycles. The van der Waals surface area contributed by atoms with E-state index in [1.54, 1.807) is 25.3 Å². The van der Waals surface area contributed by atoms with Crippen molar-refractivity contribution in [2.24, 2.45) is 11.8 Å². The zero-order valence-electron chi connectivity index (χ0n) is 13.4. The van der Waals surface area contributed by atoms with Gasteiger partial charge in [0.25, 0.3) is 5.91 Å². The van der Waals surface area contributed by atoms with Crippen LogP contribution in [0.4, 0.5) is 0 Å². The van der Waals surface area contributed by atoms with Gasteiger partial charge in [0.15, 0.2) is 6.10 Å². The van der Waals surface area contributed by atoms with E-state index < -0.39 is 12.1 Å². The van der Waals surface area contributed by atoms with Crippen LogP contribution >= 0.6 is 0 Å². The minimum Gasteiger partial charge on any atom is -0.449 e. The Labute approximate surface area is 131 Å². The number of carbonyl (C=O) groups excluding carboxylic acids is 2. The Kier molecular flexibility index (Phi) is 5.52. The van der Waals surface area contributed by atoms with Crippen molar-refractivity contribution in [3.63, 3.8) is 0 Å². The average molecular weight is 304 g/mol. The van der Waals surface area contributed by atoms with Gasteiger partial charge in [-0.05, 0) is 37.3 Å². The lowest BCUT2D eigenvalue weighted by Crippen LogP contribution is -2.47. The van der Waals surface area contributed by atoms with Gasteiger partial charge in [0.1, 0.15) is 0 Å². The van der Waals surface area contributed by atoms with E-state index in [-0.39, 0.29) is 11.9 Å². The highest BCUT2D eigenvalue weighted by Gasteiger charge is 2.30. The number of aromatic nitrogens is 1. The lowest BCUT2D eigenvalue weighted by Gasteiger charge is -2.35. The zero-order chi connectivity index (χ0) is 16.1. The molecule has 22 heavy (non-hydrogen) atoms. The number of esters is 1. The number of hydrogen-bond donors (Lipinski definition) is 1. The standard InChI is InChI=1S/C17H24N2O3/c1-11-6-4-8-15(12(11)2)19-16(20)13(3)22-17(21)14-7-5-9-18-10-14/h5,7,9-13,15H,4,6,8H2,1-3H3,(H,19,20)/t11-,12-,13-,15+/m1/s1. The van der Waals surface area contributed by atoms with Crippen molar-refractivity contribution in [2.75, 3.05) is 0 Å². The normalized spacial score (nSPS) is 26.0. The van der Waals surface area contributed by atoms with Crippen molar-refractivity contribution in [3.05, 3.63) is 30.1 Å². The molecule has 2 rings (SSSR count). The molecule has 120 valence electrons. The van der Waals surface area contributed by atoms with Crippen LogP contribution in [-0.4, -0.2) is 29.0 Å². The number of amides is 1. The third-order valence-electron chi connectivity index (χ3n) is 4.58. The fourth-order valence-electron chi connectivity index (χ4n) is 2.85. The molecule has 1 fully saturated rings. The number of pyridine rings is 1. The fourth-order valence-corrected chi connectivity index (χ4v) is 2.85. The summed E-state index contributed by atoms with van der Waals surface area (Å²) < 4.78 is 5.21. The van der Waals surface area contributed by atoms with Crippen molar-refractivity contribution in [1.82, 2.24) is 10.3 Å². The lowest BCUT2D eigenvalue weighted by atomic mass is 9.78. The number of nitrogens with zero attached hydrogens (tertiary/aromatic N) is 1. The quantitative estimate of drug-likeness (QED) is 0.868. The maximum atomic E-state index is 12.2.